The topological polar surface area (TPSA) is 54.5 Å². The Kier molecular flexibility index (Phi) is 5.54. The zero-order chi connectivity index (χ0) is 16.2. The van der Waals surface area contributed by atoms with Gasteiger partial charge in [-0.1, -0.05) is 6.42 Å². The standard InChI is InChI=1S/C17H27N3O2S/c1-12(2)22-17(21)20-8-6-14(7-9-20)18-10-15-11-19-16(23-15)13-4-3-5-13/h11-14,18H,3-10H2,1-2H3. The molecule has 2 fully saturated rings. The van der Waals surface area contributed by atoms with Crippen LogP contribution >= 0.6 is 11.3 Å². The summed E-state index contributed by atoms with van der Waals surface area (Å²) in [5.74, 6) is 0.726. The Bertz CT molecular complexity index is 520. The highest BCUT2D eigenvalue weighted by atomic mass is 32.1. The molecule has 1 saturated heterocycles. The van der Waals surface area contributed by atoms with Crippen LogP contribution in [0.4, 0.5) is 4.79 Å². The van der Waals surface area contributed by atoms with Crippen molar-refractivity contribution in [1.29, 1.82) is 0 Å². The van der Waals surface area contributed by atoms with E-state index >= 15 is 0 Å². The SMILES string of the molecule is CC(C)OC(=O)N1CCC(NCc2cnc(C3CCC3)s2)CC1. The lowest BCUT2D eigenvalue weighted by molar-refractivity contribution is 0.0678. The number of aromatic nitrogens is 1. The lowest BCUT2D eigenvalue weighted by atomic mass is 9.86. The first-order valence-electron chi connectivity index (χ1n) is 8.75. The second kappa shape index (κ2) is 7.62. The van der Waals surface area contributed by atoms with Gasteiger partial charge in [0.2, 0.25) is 0 Å². The number of nitrogens with one attached hydrogen (secondary N) is 1. The minimum Gasteiger partial charge on any atom is -0.447 e. The van der Waals surface area contributed by atoms with E-state index in [4.69, 9.17) is 4.74 Å². The molecule has 1 N–H and O–H groups in total. The fraction of sp³-hybridized carbons (Fsp3) is 0.765. The average Bonchev–Trinajstić information content (AvgIpc) is 2.91. The van der Waals surface area contributed by atoms with Crippen LogP contribution in [-0.2, 0) is 11.3 Å². The Morgan fingerprint density at radius 1 is 1.39 bits per heavy atom. The van der Waals surface area contributed by atoms with Gasteiger partial charge in [0.05, 0.1) is 11.1 Å². The number of nitrogens with zero attached hydrogens (tertiary/aromatic N) is 2. The molecule has 0 aromatic carbocycles. The molecule has 1 aliphatic carbocycles. The molecule has 128 valence electrons. The Morgan fingerprint density at radius 2 is 2.13 bits per heavy atom. The van der Waals surface area contributed by atoms with Gasteiger partial charge in [-0.05, 0) is 39.5 Å². The Morgan fingerprint density at radius 3 is 2.74 bits per heavy atom. The summed E-state index contributed by atoms with van der Waals surface area (Å²) in [6.07, 6.45) is 7.76. The third kappa shape index (κ3) is 4.44. The molecule has 2 heterocycles. The number of carbonyl (C=O) groups is 1. The van der Waals surface area contributed by atoms with E-state index in [0.29, 0.717) is 6.04 Å². The van der Waals surface area contributed by atoms with Gasteiger partial charge in [0.25, 0.3) is 0 Å². The van der Waals surface area contributed by atoms with Crippen LogP contribution in [0.3, 0.4) is 0 Å². The van der Waals surface area contributed by atoms with Crippen LogP contribution in [0.25, 0.3) is 0 Å². The molecule has 0 unspecified atom stereocenters. The molecule has 6 heteroatoms. The quantitative estimate of drug-likeness (QED) is 0.893. The molecule has 1 aromatic rings. The van der Waals surface area contributed by atoms with Crippen molar-refractivity contribution in [2.24, 2.45) is 0 Å². The maximum atomic E-state index is 11.9. The largest absolute Gasteiger partial charge is 0.447 e. The number of carbonyl (C=O) groups excluding carboxylic acids is 1. The minimum absolute atomic E-state index is 0.0467. The monoisotopic (exact) mass is 337 g/mol. The third-order valence-electron chi connectivity index (χ3n) is 4.68. The van der Waals surface area contributed by atoms with Crippen LogP contribution in [0, 0.1) is 0 Å². The Balaban J connectivity index is 1.39. The zero-order valence-corrected chi connectivity index (χ0v) is 14.9. The van der Waals surface area contributed by atoms with E-state index in [0.717, 1.165) is 38.4 Å². The lowest BCUT2D eigenvalue weighted by Crippen LogP contribution is -2.45. The van der Waals surface area contributed by atoms with Crippen molar-refractivity contribution in [2.45, 2.75) is 70.6 Å². The molecule has 2 aliphatic rings. The molecule has 1 aliphatic heterocycles. The first kappa shape index (κ1) is 16.7. The molecule has 23 heavy (non-hydrogen) atoms. The van der Waals surface area contributed by atoms with Crippen molar-refractivity contribution in [1.82, 2.24) is 15.2 Å². The van der Waals surface area contributed by atoms with Crippen LogP contribution in [0.2, 0.25) is 0 Å². The van der Waals surface area contributed by atoms with E-state index < -0.39 is 0 Å². The highest BCUT2D eigenvalue weighted by Crippen LogP contribution is 2.38. The van der Waals surface area contributed by atoms with Crippen LogP contribution in [-0.4, -0.2) is 41.2 Å². The van der Waals surface area contributed by atoms with E-state index in [1.165, 1.54) is 29.1 Å². The van der Waals surface area contributed by atoms with Crippen LogP contribution in [0.15, 0.2) is 6.20 Å². The van der Waals surface area contributed by atoms with Gasteiger partial charge in [0, 0.05) is 42.7 Å². The van der Waals surface area contributed by atoms with Crippen LogP contribution in [0.1, 0.15) is 61.8 Å². The number of rotatable bonds is 5. The van der Waals surface area contributed by atoms with Crippen molar-refractivity contribution in [3.63, 3.8) is 0 Å². The van der Waals surface area contributed by atoms with Crippen molar-refractivity contribution < 1.29 is 9.53 Å². The van der Waals surface area contributed by atoms with Crippen molar-refractivity contribution in [3.8, 4) is 0 Å². The van der Waals surface area contributed by atoms with Crippen molar-refractivity contribution in [3.05, 3.63) is 16.1 Å². The van der Waals surface area contributed by atoms with Gasteiger partial charge in [-0.2, -0.15) is 0 Å². The number of amides is 1. The molecule has 5 nitrogen and oxygen atoms in total. The Hall–Kier alpha value is -1.14. The van der Waals surface area contributed by atoms with Gasteiger partial charge < -0.3 is 15.0 Å². The summed E-state index contributed by atoms with van der Waals surface area (Å²) in [5, 5.41) is 4.94. The summed E-state index contributed by atoms with van der Waals surface area (Å²) in [4.78, 5) is 19.6. The summed E-state index contributed by atoms with van der Waals surface area (Å²) in [7, 11) is 0. The second-order valence-electron chi connectivity index (χ2n) is 6.87. The van der Waals surface area contributed by atoms with Gasteiger partial charge >= 0.3 is 6.09 Å². The van der Waals surface area contributed by atoms with Crippen LogP contribution < -0.4 is 5.32 Å². The summed E-state index contributed by atoms with van der Waals surface area (Å²) in [6, 6.07) is 0.479. The van der Waals surface area contributed by atoms with Gasteiger partial charge in [0.1, 0.15) is 0 Å². The average molecular weight is 337 g/mol. The predicted octanol–water partition coefficient (Wildman–Crippen LogP) is 3.51. The molecule has 0 bridgehead atoms. The molecule has 1 aromatic heterocycles. The smallest absolute Gasteiger partial charge is 0.410 e. The predicted molar refractivity (Wildman–Crippen MR) is 91.8 cm³/mol. The third-order valence-corrected chi connectivity index (χ3v) is 5.84. The number of hydrogen-bond acceptors (Lipinski definition) is 5. The first-order chi connectivity index (χ1) is 11.1. The maximum Gasteiger partial charge on any atom is 0.410 e. The first-order valence-corrected chi connectivity index (χ1v) is 9.57. The van der Waals surface area contributed by atoms with E-state index in [1.54, 1.807) is 0 Å². The van der Waals surface area contributed by atoms with Gasteiger partial charge in [-0.3, -0.25) is 0 Å². The fourth-order valence-corrected chi connectivity index (χ4v) is 4.07. The lowest BCUT2D eigenvalue weighted by Gasteiger charge is -2.32. The number of ether oxygens (including phenoxy) is 1. The summed E-state index contributed by atoms with van der Waals surface area (Å²) >= 11 is 1.86. The highest BCUT2D eigenvalue weighted by Gasteiger charge is 2.25. The number of thiazole rings is 1. The molecule has 1 amide bonds. The summed E-state index contributed by atoms with van der Waals surface area (Å²) in [6.45, 7) is 6.22. The summed E-state index contributed by atoms with van der Waals surface area (Å²) in [5.41, 5.74) is 0. The fourth-order valence-electron chi connectivity index (χ4n) is 3.04. The van der Waals surface area contributed by atoms with Gasteiger partial charge in [-0.15, -0.1) is 11.3 Å². The molecule has 0 spiro atoms. The van der Waals surface area contributed by atoms with Gasteiger partial charge in [-0.25, -0.2) is 9.78 Å². The zero-order valence-electron chi connectivity index (χ0n) is 14.1. The molecule has 1 saturated carbocycles. The second-order valence-corrected chi connectivity index (χ2v) is 8.01. The maximum absolute atomic E-state index is 11.9. The summed E-state index contributed by atoms with van der Waals surface area (Å²) < 4.78 is 5.26. The molecule has 0 radical (unpaired) electrons. The van der Waals surface area contributed by atoms with Crippen molar-refractivity contribution in [2.75, 3.05) is 13.1 Å². The van der Waals surface area contributed by atoms with Gasteiger partial charge in [0.15, 0.2) is 0 Å². The number of piperidine rings is 1. The van der Waals surface area contributed by atoms with E-state index in [9.17, 15) is 4.79 Å². The van der Waals surface area contributed by atoms with Crippen molar-refractivity contribution >= 4 is 17.4 Å². The number of likely N-dealkylation sites (tertiary alicyclic amines) is 1. The van der Waals surface area contributed by atoms with E-state index in [1.807, 2.05) is 36.3 Å². The highest BCUT2D eigenvalue weighted by molar-refractivity contribution is 7.11. The normalized spacial score (nSPS) is 19.9. The van der Waals surface area contributed by atoms with E-state index in [-0.39, 0.29) is 12.2 Å². The molecule has 3 rings (SSSR count). The van der Waals surface area contributed by atoms with Crippen LogP contribution in [0.5, 0.6) is 0 Å². The molecular weight excluding hydrogens is 310 g/mol. The Labute approximate surface area is 142 Å². The number of hydrogen-bond donors (Lipinski definition) is 1. The molecule has 0 atom stereocenters. The van der Waals surface area contributed by atoms with E-state index in [2.05, 4.69) is 10.3 Å². The molecular formula is C17H27N3O2S. The minimum atomic E-state index is -0.175.